The van der Waals surface area contributed by atoms with Gasteiger partial charge in [0.25, 0.3) is 0 Å². The van der Waals surface area contributed by atoms with Crippen molar-refractivity contribution in [2.24, 2.45) is 0 Å². The lowest BCUT2D eigenvalue weighted by Crippen LogP contribution is -2.59. The van der Waals surface area contributed by atoms with Crippen molar-refractivity contribution in [3.63, 3.8) is 0 Å². The number of nitrogens with one attached hydrogen (secondary N) is 1. The topological polar surface area (TPSA) is 28.4 Å². The third-order valence-corrected chi connectivity index (χ3v) is 5.03. The molecule has 0 spiro atoms. The van der Waals surface area contributed by atoms with Crippen molar-refractivity contribution in [1.29, 1.82) is 0 Å². The fraction of sp³-hybridized carbons (Fsp3) is 0.750. The quantitative estimate of drug-likeness (QED) is 0.904. The first kappa shape index (κ1) is 13.2. The fourth-order valence-electron chi connectivity index (χ4n) is 4.20. The van der Waals surface area contributed by atoms with Gasteiger partial charge in [0.15, 0.2) is 0 Å². The third kappa shape index (κ3) is 2.72. The summed E-state index contributed by atoms with van der Waals surface area (Å²) in [6.45, 7) is 2.37. The van der Waals surface area contributed by atoms with E-state index in [-0.39, 0.29) is 0 Å². The molecule has 1 aromatic heterocycles. The average Bonchev–Trinajstić information content (AvgIpc) is 2.89. The van der Waals surface area contributed by atoms with Crippen molar-refractivity contribution >= 4 is 0 Å². The van der Waals surface area contributed by atoms with Gasteiger partial charge in [-0.05, 0) is 51.8 Å². The number of piperidine rings is 2. The molecule has 0 amide bonds. The summed E-state index contributed by atoms with van der Waals surface area (Å²) in [5, 5.41) is 3.49. The van der Waals surface area contributed by atoms with E-state index in [0.29, 0.717) is 6.04 Å². The summed E-state index contributed by atoms with van der Waals surface area (Å²) in [5.74, 6) is 1.13. The Bertz CT molecular complexity index is 375. The summed E-state index contributed by atoms with van der Waals surface area (Å²) < 4.78 is 5.52. The summed E-state index contributed by atoms with van der Waals surface area (Å²) in [4.78, 5) is 2.79. The monoisotopic (exact) mass is 262 g/mol. The van der Waals surface area contributed by atoms with Gasteiger partial charge in [0.2, 0.25) is 0 Å². The van der Waals surface area contributed by atoms with E-state index in [0.717, 1.165) is 30.3 Å². The number of rotatable bonds is 4. The van der Waals surface area contributed by atoms with Crippen LogP contribution < -0.4 is 5.32 Å². The zero-order valence-corrected chi connectivity index (χ0v) is 12.1. The Morgan fingerprint density at radius 2 is 2.11 bits per heavy atom. The summed E-state index contributed by atoms with van der Waals surface area (Å²) >= 11 is 0. The molecule has 2 aliphatic heterocycles. The molecule has 1 N–H and O–H groups in total. The van der Waals surface area contributed by atoms with Crippen LogP contribution in [0.1, 0.15) is 44.8 Å². The van der Waals surface area contributed by atoms with Crippen LogP contribution in [-0.2, 0) is 6.42 Å². The minimum Gasteiger partial charge on any atom is -0.469 e. The van der Waals surface area contributed by atoms with Crippen LogP contribution in [0.5, 0.6) is 0 Å². The van der Waals surface area contributed by atoms with Gasteiger partial charge < -0.3 is 9.73 Å². The van der Waals surface area contributed by atoms with Crippen LogP contribution in [0.3, 0.4) is 0 Å². The zero-order chi connectivity index (χ0) is 13.2. The fourth-order valence-corrected chi connectivity index (χ4v) is 4.20. The van der Waals surface area contributed by atoms with Crippen LogP contribution in [-0.4, -0.2) is 36.1 Å². The first-order chi connectivity index (χ1) is 9.28. The molecule has 3 rings (SSSR count). The molecular formula is C16H26N2O. The Balaban J connectivity index is 1.69. The van der Waals surface area contributed by atoms with Crippen LogP contribution in [0.25, 0.3) is 0 Å². The Morgan fingerprint density at radius 3 is 2.68 bits per heavy atom. The molecule has 3 unspecified atom stereocenters. The van der Waals surface area contributed by atoms with Crippen molar-refractivity contribution in [2.75, 3.05) is 7.05 Å². The van der Waals surface area contributed by atoms with Gasteiger partial charge in [-0.3, -0.25) is 4.90 Å². The van der Waals surface area contributed by atoms with Gasteiger partial charge >= 0.3 is 0 Å². The molecule has 3 heteroatoms. The second-order valence-electron chi connectivity index (χ2n) is 6.28. The van der Waals surface area contributed by atoms with Crippen LogP contribution in [0.15, 0.2) is 22.8 Å². The predicted octanol–water partition coefficient (Wildman–Crippen LogP) is 2.82. The van der Waals surface area contributed by atoms with E-state index >= 15 is 0 Å². The van der Waals surface area contributed by atoms with E-state index in [1.165, 1.54) is 32.1 Å². The standard InChI is InChI=1S/C16H26N2O/c1-12(9-16-7-4-8-19-16)18-14-5-3-6-15(18)11-13(10-14)17-2/h4,7-8,12-15,17H,3,5-6,9-11H2,1-2H3. The summed E-state index contributed by atoms with van der Waals surface area (Å²) in [6, 6.07) is 6.97. The molecule has 0 saturated carbocycles. The van der Waals surface area contributed by atoms with Gasteiger partial charge in [-0.2, -0.15) is 0 Å². The van der Waals surface area contributed by atoms with Gasteiger partial charge in [0, 0.05) is 30.6 Å². The molecule has 2 saturated heterocycles. The van der Waals surface area contributed by atoms with E-state index in [1.54, 1.807) is 6.26 Å². The predicted molar refractivity (Wildman–Crippen MR) is 77.2 cm³/mol. The molecule has 2 fully saturated rings. The van der Waals surface area contributed by atoms with Crippen molar-refractivity contribution in [2.45, 2.75) is 69.6 Å². The minimum absolute atomic E-state index is 0.597. The summed E-state index contributed by atoms with van der Waals surface area (Å²) in [6.07, 6.45) is 9.62. The van der Waals surface area contributed by atoms with Crippen molar-refractivity contribution < 1.29 is 4.42 Å². The van der Waals surface area contributed by atoms with Crippen LogP contribution in [0.4, 0.5) is 0 Å². The summed E-state index contributed by atoms with van der Waals surface area (Å²) in [5.41, 5.74) is 0. The zero-order valence-electron chi connectivity index (χ0n) is 12.1. The van der Waals surface area contributed by atoms with Crippen molar-refractivity contribution in [3.05, 3.63) is 24.2 Å². The molecule has 2 bridgehead atoms. The number of nitrogens with zero attached hydrogens (tertiary/aromatic N) is 1. The number of hydrogen-bond donors (Lipinski definition) is 1. The van der Waals surface area contributed by atoms with E-state index in [2.05, 4.69) is 30.3 Å². The molecular weight excluding hydrogens is 236 g/mol. The normalized spacial score (nSPS) is 33.3. The minimum atomic E-state index is 0.597. The highest BCUT2D eigenvalue weighted by Gasteiger charge is 2.39. The van der Waals surface area contributed by atoms with E-state index in [9.17, 15) is 0 Å². The van der Waals surface area contributed by atoms with Gasteiger partial charge in [-0.1, -0.05) is 6.42 Å². The molecule has 2 aliphatic rings. The number of furan rings is 1. The SMILES string of the molecule is CNC1CC2CCCC(C1)N2C(C)Cc1ccco1. The van der Waals surface area contributed by atoms with E-state index < -0.39 is 0 Å². The van der Waals surface area contributed by atoms with E-state index in [1.807, 2.05) is 6.07 Å². The Labute approximate surface area is 116 Å². The van der Waals surface area contributed by atoms with E-state index in [4.69, 9.17) is 4.42 Å². The lowest BCUT2D eigenvalue weighted by Gasteiger charge is -2.51. The maximum Gasteiger partial charge on any atom is 0.105 e. The Kier molecular flexibility index (Phi) is 3.94. The van der Waals surface area contributed by atoms with Gasteiger partial charge in [0.05, 0.1) is 6.26 Å². The third-order valence-electron chi connectivity index (χ3n) is 5.03. The molecule has 1 aromatic rings. The maximum absolute atomic E-state index is 5.52. The maximum atomic E-state index is 5.52. The van der Waals surface area contributed by atoms with Crippen LogP contribution >= 0.6 is 0 Å². The Morgan fingerprint density at radius 1 is 1.37 bits per heavy atom. The van der Waals surface area contributed by atoms with Crippen LogP contribution in [0, 0.1) is 0 Å². The van der Waals surface area contributed by atoms with Crippen molar-refractivity contribution in [3.8, 4) is 0 Å². The number of fused-ring (bicyclic) bond motifs is 2. The van der Waals surface area contributed by atoms with Gasteiger partial charge in [0.1, 0.15) is 5.76 Å². The summed E-state index contributed by atoms with van der Waals surface area (Å²) in [7, 11) is 2.11. The highest BCUT2D eigenvalue weighted by Crippen LogP contribution is 2.36. The second-order valence-corrected chi connectivity index (χ2v) is 6.28. The Hall–Kier alpha value is -0.800. The molecule has 0 radical (unpaired) electrons. The smallest absolute Gasteiger partial charge is 0.105 e. The first-order valence-electron chi connectivity index (χ1n) is 7.75. The first-order valence-corrected chi connectivity index (χ1v) is 7.75. The molecule has 3 heterocycles. The van der Waals surface area contributed by atoms with Gasteiger partial charge in [-0.15, -0.1) is 0 Å². The average molecular weight is 262 g/mol. The molecule has 0 aromatic carbocycles. The molecule has 19 heavy (non-hydrogen) atoms. The molecule has 0 aliphatic carbocycles. The highest BCUT2D eigenvalue weighted by atomic mass is 16.3. The van der Waals surface area contributed by atoms with Gasteiger partial charge in [-0.25, -0.2) is 0 Å². The number of hydrogen-bond acceptors (Lipinski definition) is 3. The molecule has 3 atom stereocenters. The van der Waals surface area contributed by atoms with Crippen LogP contribution in [0.2, 0.25) is 0 Å². The molecule has 3 nitrogen and oxygen atoms in total. The largest absolute Gasteiger partial charge is 0.469 e. The molecule has 106 valence electrons. The second kappa shape index (κ2) is 5.68. The lowest BCUT2D eigenvalue weighted by molar-refractivity contribution is -0.00531. The highest BCUT2D eigenvalue weighted by molar-refractivity contribution is 5.03. The van der Waals surface area contributed by atoms with Crippen molar-refractivity contribution in [1.82, 2.24) is 10.2 Å². The lowest BCUT2D eigenvalue weighted by atomic mass is 9.80.